The van der Waals surface area contributed by atoms with Crippen molar-refractivity contribution in [3.8, 4) is 5.75 Å². The third kappa shape index (κ3) is 4.61. The Kier molecular flexibility index (Phi) is 5.35. The summed E-state index contributed by atoms with van der Waals surface area (Å²) in [6.45, 7) is 0.456. The first kappa shape index (κ1) is 15.1. The van der Waals surface area contributed by atoms with Crippen LogP contribution >= 0.6 is 0 Å². The lowest BCUT2D eigenvalue weighted by atomic mass is 10.1. The average molecular weight is 286 g/mol. The number of benzene rings is 2. The van der Waals surface area contributed by atoms with Crippen molar-refractivity contribution in [2.24, 2.45) is 0 Å². The minimum atomic E-state index is -0.891. The summed E-state index contributed by atoms with van der Waals surface area (Å²) in [7, 11) is 1.30. The van der Waals surface area contributed by atoms with Gasteiger partial charge in [0.05, 0.1) is 19.6 Å². The molecule has 2 rings (SSSR count). The van der Waals surface area contributed by atoms with Crippen molar-refractivity contribution in [3.05, 3.63) is 65.7 Å². The van der Waals surface area contributed by atoms with Gasteiger partial charge in [-0.3, -0.25) is 4.79 Å². The van der Waals surface area contributed by atoms with E-state index in [2.05, 4.69) is 4.74 Å². The highest BCUT2D eigenvalue weighted by Gasteiger charge is 2.13. The van der Waals surface area contributed by atoms with E-state index in [1.807, 2.05) is 36.4 Å². The minimum Gasteiger partial charge on any atom is -0.489 e. The average Bonchev–Trinajstić information content (AvgIpc) is 2.54. The van der Waals surface area contributed by atoms with Gasteiger partial charge in [-0.05, 0) is 23.3 Å². The molecule has 0 saturated heterocycles. The van der Waals surface area contributed by atoms with E-state index >= 15 is 0 Å². The van der Waals surface area contributed by atoms with Crippen molar-refractivity contribution in [1.29, 1.82) is 0 Å². The Balaban J connectivity index is 1.99. The van der Waals surface area contributed by atoms with Gasteiger partial charge in [-0.15, -0.1) is 0 Å². The second-order valence-electron chi connectivity index (χ2n) is 4.64. The molecular formula is C17H18O4. The van der Waals surface area contributed by atoms with Crippen LogP contribution in [0.15, 0.2) is 54.6 Å². The smallest absolute Gasteiger partial charge is 0.308 e. The van der Waals surface area contributed by atoms with E-state index in [0.29, 0.717) is 17.9 Å². The van der Waals surface area contributed by atoms with Crippen LogP contribution in [-0.2, 0) is 16.1 Å². The number of carbonyl (C=O) groups excluding carboxylic acids is 1. The summed E-state index contributed by atoms with van der Waals surface area (Å²) >= 11 is 0. The predicted molar refractivity (Wildman–Crippen MR) is 78.8 cm³/mol. The Labute approximate surface area is 123 Å². The van der Waals surface area contributed by atoms with Crippen LogP contribution in [0.1, 0.15) is 23.7 Å². The van der Waals surface area contributed by atoms with Crippen LogP contribution in [0.25, 0.3) is 0 Å². The van der Waals surface area contributed by atoms with Crippen molar-refractivity contribution in [2.75, 3.05) is 7.11 Å². The van der Waals surface area contributed by atoms with E-state index in [-0.39, 0.29) is 6.42 Å². The van der Waals surface area contributed by atoms with Gasteiger partial charge in [0.1, 0.15) is 12.4 Å². The molecule has 110 valence electrons. The van der Waals surface area contributed by atoms with E-state index in [9.17, 15) is 9.90 Å². The Hall–Kier alpha value is -2.33. The van der Waals surface area contributed by atoms with Crippen LogP contribution in [0.2, 0.25) is 0 Å². The van der Waals surface area contributed by atoms with Crippen molar-refractivity contribution < 1.29 is 19.4 Å². The molecular weight excluding hydrogens is 268 g/mol. The van der Waals surface area contributed by atoms with E-state index < -0.39 is 12.1 Å². The summed E-state index contributed by atoms with van der Waals surface area (Å²) in [6.07, 6.45) is -0.962. The van der Waals surface area contributed by atoms with Gasteiger partial charge in [-0.1, -0.05) is 42.5 Å². The Morgan fingerprint density at radius 2 is 1.90 bits per heavy atom. The van der Waals surface area contributed by atoms with Crippen LogP contribution in [0.4, 0.5) is 0 Å². The Morgan fingerprint density at radius 1 is 1.14 bits per heavy atom. The summed E-state index contributed by atoms with van der Waals surface area (Å²) in [5.74, 6) is 0.207. The standard InChI is InChI=1S/C17H18O4/c1-20-17(19)11-16(18)14-8-5-9-15(10-14)21-12-13-6-3-2-4-7-13/h2-10,16,18H,11-12H2,1H3. The van der Waals surface area contributed by atoms with Gasteiger partial charge in [0.2, 0.25) is 0 Å². The SMILES string of the molecule is COC(=O)CC(O)c1cccc(OCc2ccccc2)c1. The molecule has 0 aromatic heterocycles. The number of carbonyl (C=O) groups is 1. The van der Waals surface area contributed by atoms with E-state index in [4.69, 9.17) is 4.74 Å². The lowest BCUT2D eigenvalue weighted by Gasteiger charge is -2.12. The van der Waals surface area contributed by atoms with Crippen LogP contribution in [0.5, 0.6) is 5.75 Å². The van der Waals surface area contributed by atoms with Crippen LogP contribution in [-0.4, -0.2) is 18.2 Å². The fraction of sp³-hybridized carbons (Fsp3) is 0.235. The number of hydrogen-bond donors (Lipinski definition) is 1. The molecule has 0 spiro atoms. The molecule has 21 heavy (non-hydrogen) atoms. The first-order chi connectivity index (χ1) is 10.2. The monoisotopic (exact) mass is 286 g/mol. The first-order valence-corrected chi connectivity index (χ1v) is 6.70. The fourth-order valence-corrected chi connectivity index (χ4v) is 1.91. The Bertz CT molecular complexity index is 580. The van der Waals surface area contributed by atoms with Crippen LogP contribution < -0.4 is 4.74 Å². The number of methoxy groups -OCH3 is 1. The van der Waals surface area contributed by atoms with Gasteiger partial charge in [0.15, 0.2) is 0 Å². The normalized spacial score (nSPS) is 11.7. The minimum absolute atomic E-state index is 0.0708. The van der Waals surface area contributed by atoms with Gasteiger partial charge in [-0.2, -0.15) is 0 Å². The molecule has 0 bridgehead atoms. The number of hydrogen-bond acceptors (Lipinski definition) is 4. The number of esters is 1. The largest absolute Gasteiger partial charge is 0.489 e. The number of ether oxygens (including phenoxy) is 2. The quantitative estimate of drug-likeness (QED) is 0.830. The Morgan fingerprint density at radius 3 is 2.62 bits per heavy atom. The highest BCUT2D eigenvalue weighted by Crippen LogP contribution is 2.22. The molecule has 1 atom stereocenters. The number of rotatable bonds is 6. The lowest BCUT2D eigenvalue weighted by molar-refractivity contribution is -0.142. The molecule has 0 radical (unpaired) electrons. The van der Waals surface area contributed by atoms with Crippen molar-refractivity contribution >= 4 is 5.97 Å². The van der Waals surface area contributed by atoms with Gasteiger partial charge < -0.3 is 14.6 Å². The molecule has 0 fully saturated rings. The second kappa shape index (κ2) is 7.45. The topological polar surface area (TPSA) is 55.8 Å². The summed E-state index contributed by atoms with van der Waals surface area (Å²) in [4.78, 5) is 11.2. The summed E-state index contributed by atoms with van der Waals surface area (Å²) in [5, 5.41) is 9.98. The molecule has 2 aromatic carbocycles. The molecule has 4 nitrogen and oxygen atoms in total. The molecule has 0 aliphatic carbocycles. The lowest BCUT2D eigenvalue weighted by Crippen LogP contribution is -2.08. The zero-order valence-corrected chi connectivity index (χ0v) is 11.9. The van der Waals surface area contributed by atoms with E-state index in [0.717, 1.165) is 5.56 Å². The molecule has 4 heteroatoms. The molecule has 0 saturated carbocycles. The zero-order chi connectivity index (χ0) is 15.1. The highest BCUT2D eigenvalue weighted by atomic mass is 16.5. The summed E-state index contributed by atoms with van der Waals surface area (Å²) in [5.41, 5.74) is 1.70. The van der Waals surface area contributed by atoms with Gasteiger partial charge in [0.25, 0.3) is 0 Å². The molecule has 2 aromatic rings. The van der Waals surface area contributed by atoms with E-state index in [1.165, 1.54) is 7.11 Å². The first-order valence-electron chi connectivity index (χ1n) is 6.70. The maximum atomic E-state index is 11.2. The highest BCUT2D eigenvalue weighted by molar-refractivity contribution is 5.70. The maximum absolute atomic E-state index is 11.2. The molecule has 0 heterocycles. The molecule has 0 aliphatic heterocycles. The van der Waals surface area contributed by atoms with Gasteiger partial charge >= 0.3 is 5.97 Å². The molecule has 0 amide bonds. The zero-order valence-electron chi connectivity index (χ0n) is 11.9. The fourth-order valence-electron chi connectivity index (χ4n) is 1.91. The van der Waals surface area contributed by atoms with Crippen LogP contribution in [0, 0.1) is 0 Å². The van der Waals surface area contributed by atoms with Gasteiger partial charge in [-0.25, -0.2) is 0 Å². The predicted octanol–water partition coefficient (Wildman–Crippen LogP) is 2.86. The molecule has 1 unspecified atom stereocenters. The second-order valence-corrected chi connectivity index (χ2v) is 4.64. The number of aliphatic hydroxyl groups excluding tert-OH is 1. The molecule has 1 N–H and O–H groups in total. The van der Waals surface area contributed by atoms with Crippen LogP contribution in [0.3, 0.4) is 0 Å². The summed E-state index contributed by atoms with van der Waals surface area (Å²) < 4.78 is 10.2. The summed E-state index contributed by atoms with van der Waals surface area (Å²) in [6, 6.07) is 16.9. The third-order valence-corrected chi connectivity index (χ3v) is 3.08. The number of aliphatic hydroxyl groups is 1. The van der Waals surface area contributed by atoms with E-state index in [1.54, 1.807) is 18.2 Å². The third-order valence-electron chi connectivity index (χ3n) is 3.08. The maximum Gasteiger partial charge on any atom is 0.308 e. The van der Waals surface area contributed by atoms with Crippen molar-refractivity contribution in [3.63, 3.8) is 0 Å². The van der Waals surface area contributed by atoms with Crippen molar-refractivity contribution in [1.82, 2.24) is 0 Å². The van der Waals surface area contributed by atoms with Crippen molar-refractivity contribution in [2.45, 2.75) is 19.1 Å². The van der Waals surface area contributed by atoms with Gasteiger partial charge in [0, 0.05) is 0 Å². The molecule has 0 aliphatic rings.